The molecule has 3 heterocycles. The maximum atomic E-state index is 12.8. The van der Waals surface area contributed by atoms with Crippen LogP contribution in [0.3, 0.4) is 0 Å². The van der Waals surface area contributed by atoms with E-state index >= 15 is 0 Å². The molecule has 0 atom stereocenters. The smallest absolute Gasteiger partial charge is 0.225 e. The molecule has 0 bridgehead atoms. The van der Waals surface area contributed by atoms with Crippen molar-refractivity contribution < 1.29 is 9.59 Å². The molecule has 0 N–H and O–H groups in total. The lowest BCUT2D eigenvalue weighted by Gasteiger charge is -2.38. The maximum absolute atomic E-state index is 12.8. The van der Waals surface area contributed by atoms with Crippen molar-refractivity contribution in [2.24, 2.45) is 11.8 Å². The second-order valence-corrected chi connectivity index (χ2v) is 7.96. The van der Waals surface area contributed by atoms with Crippen LogP contribution in [0.25, 0.3) is 0 Å². The lowest BCUT2D eigenvalue weighted by atomic mass is 9.94. The number of hydrogen-bond acceptors (Lipinski definition) is 3. The number of carbonyl (C=O) groups is 2. The Morgan fingerprint density at radius 2 is 1.23 bits per heavy atom. The van der Waals surface area contributed by atoms with E-state index in [2.05, 4.69) is 38.9 Å². The molecule has 26 heavy (non-hydrogen) atoms. The van der Waals surface area contributed by atoms with Crippen LogP contribution in [0.5, 0.6) is 0 Å². The van der Waals surface area contributed by atoms with Crippen LogP contribution in [0.2, 0.25) is 0 Å². The highest BCUT2D eigenvalue weighted by atomic mass is 16.2. The highest BCUT2D eigenvalue weighted by molar-refractivity contribution is 5.82. The Morgan fingerprint density at radius 3 is 1.81 bits per heavy atom. The molecule has 4 rings (SSSR count). The molecule has 1 saturated carbocycles. The molecule has 0 unspecified atom stereocenters. The number of nitrogens with zero attached hydrogens (tertiary/aromatic N) is 4. The zero-order valence-electron chi connectivity index (χ0n) is 15.6. The largest absolute Gasteiger partial charge is 0.353 e. The van der Waals surface area contributed by atoms with Crippen LogP contribution in [0, 0.1) is 11.8 Å². The molecular formula is C20H30N4O2. The molecule has 0 aromatic carbocycles. The van der Waals surface area contributed by atoms with Crippen LogP contribution in [-0.4, -0.2) is 76.9 Å². The Morgan fingerprint density at radius 1 is 0.692 bits per heavy atom. The van der Waals surface area contributed by atoms with Crippen molar-refractivity contribution >= 4 is 11.8 Å². The summed E-state index contributed by atoms with van der Waals surface area (Å²) in [6.45, 7) is 7.19. The number of amides is 2. The summed E-state index contributed by atoms with van der Waals surface area (Å²) in [7, 11) is 0. The van der Waals surface area contributed by atoms with E-state index in [-0.39, 0.29) is 5.92 Å². The van der Waals surface area contributed by atoms with Crippen molar-refractivity contribution in [3.05, 3.63) is 24.5 Å². The Bertz CT molecular complexity index is 610. The third-order valence-corrected chi connectivity index (χ3v) is 6.11. The first-order valence-electron chi connectivity index (χ1n) is 10.1. The molecule has 3 fully saturated rings. The Balaban J connectivity index is 1.18. The summed E-state index contributed by atoms with van der Waals surface area (Å²) in [4.78, 5) is 31.5. The number of carbonyl (C=O) groups excluding carboxylic acids is 2. The first-order valence-corrected chi connectivity index (χ1v) is 10.1. The quantitative estimate of drug-likeness (QED) is 0.797. The molecule has 2 aliphatic heterocycles. The summed E-state index contributed by atoms with van der Waals surface area (Å²) in [6.07, 6.45) is 8.00. The number of piperazine rings is 1. The predicted molar refractivity (Wildman–Crippen MR) is 99.5 cm³/mol. The van der Waals surface area contributed by atoms with Gasteiger partial charge < -0.3 is 14.4 Å². The van der Waals surface area contributed by atoms with Gasteiger partial charge in [0.2, 0.25) is 11.8 Å². The van der Waals surface area contributed by atoms with E-state index in [0.29, 0.717) is 17.7 Å². The molecule has 142 valence electrons. The predicted octanol–water partition coefficient (Wildman–Crippen LogP) is 1.28. The first-order chi connectivity index (χ1) is 12.7. The molecule has 6 heteroatoms. The molecule has 2 amide bonds. The molecular weight excluding hydrogens is 328 g/mol. The van der Waals surface area contributed by atoms with E-state index in [1.807, 2.05) is 4.90 Å². The van der Waals surface area contributed by atoms with Crippen LogP contribution >= 0.6 is 0 Å². The lowest BCUT2D eigenvalue weighted by molar-refractivity contribution is -0.142. The van der Waals surface area contributed by atoms with Gasteiger partial charge in [0.1, 0.15) is 0 Å². The van der Waals surface area contributed by atoms with E-state index in [0.717, 1.165) is 78.0 Å². The van der Waals surface area contributed by atoms with Gasteiger partial charge in [-0.25, -0.2) is 0 Å². The minimum absolute atomic E-state index is 0.115. The third-order valence-electron chi connectivity index (χ3n) is 6.11. The lowest BCUT2D eigenvalue weighted by Crippen LogP contribution is -2.52. The Kier molecular flexibility index (Phi) is 5.29. The highest BCUT2D eigenvalue weighted by Crippen LogP contribution is 2.32. The van der Waals surface area contributed by atoms with Gasteiger partial charge in [0.25, 0.3) is 0 Å². The highest BCUT2D eigenvalue weighted by Gasteiger charge is 2.37. The van der Waals surface area contributed by atoms with Gasteiger partial charge in [-0.3, -0.25) is 14.5 Å². The molecule has 0 radical (unpaired) electrons. The number of likely N-dealkylation sites (tertiary alicyclic amines) is 1. The Hall–Kier alpha value is -1.82. The van der Waals surface area contributed by atoms with Gasteiger partial charge in [0.05, 0.1) is 0 Å². The summed E-state index contributed by atoms with van der Waals surface area (Å²) in [5.41, 5.74) is 0. The van der Waals surface area contributed by atoms with E-state index in [4.69, 9.17) is 0 Å². The van der Waals surface area contributed by atoms with Crippen LogP contribution in [-0.2, 0) is 16.1 Å². The molecule has 3 aliphatic rings. The van der Waals surface area contributed by atoms with Crippen molar-refractivity contribution in [2.45, 2.75) is 32.2 Å². The maximum Gasteiger partial charge on any atom is 0.225 e. The van der Waals surface area contributed by atoms with Crippen LogP contribution in [0.4, 0.5) is 0 Å². The summed E-state index contributed by atoms with van der Waals surface area (Å²) in [5.74, 6) is 1.05. The van der Waals surface area contributed by atoms with E-state index in [9.17, 15) is 9.59 Å². The van der Waals surface area contributed by atoms with Gasteiger partial charge >= 0.3 is 0 Å². The first kappa shape index (κ1) is 17.6. The molecule has 6 nitrogen and oxygen atoms in total. The van der Waals surface area contributed by atoms with Crippen molar-refractivity contribution in [1.29, 1.82) is 0 Å². The molecule has 1 aromatic rings. The average Bonchev–Trinajstić information content (AvgIpc) is 3.41. The fourth-order valence-corrected chi connectivity index (χ4v) is 4.16. The van der Waals surface area contributed by atoms with Crippen LogP contribution in [0.15, 0.2) is 24.5 Å². The topological polar surface area (TPSA) is 48.8 Å². The van der Waals surface area contributed by atoms with Gasteiger partial charge in [-0.05, 0) is 37.8 Å². The number of aromatic nitrogens is 1. The van der Waals surface area contributed by atoms with Gasteiger partial charge in [0, 0.05) is 76.6 Å². The molecule has 0 spiro atoms. The number of piperidine rings is 1. The van der Waals surface area contributed by atoms with Crippen LogP contribution < -0.4 is 0 Å². The van der Waals surface area contributed by atoms with Crippen molar-refractivity contribution in [1.82, 2.24) is 19.3 Å². The molecule has 1 aliphatic carbocycles. The van der Waals surface area contributed by atoms with Gasteiger partial charge in [-0.15, -0.1) is 0 Å². The second kappa shape index (κ2) is 7.82. The third kappa shape index (κ3) is 4.11. The number of hydrogen-bond donors (Lipinski definition) is 0. The summed E-state index contributed by atoms with van der Waals surface area (Å²) in [5, 5.41) is 0. The normalized spacial score (nSPS) is 22.6. The summed E-state index contributed by atoms with van der Waals surface area (Å²) >= 11 is 0. The van der Waals surface area contributed by atoms with E-state index < -0.39 is 0 Å². The fraction of sp³-hybridized carbons (Fsp3) is 0.700. The zero-order valence-corrected chi connectivity index (χ0v) is 15.6. The minimum Gasteiger partial charge on any atom is -0.353 e. The Labute approximate surface area is 155 Å². The van der Waals surface area contributed by atoms with Crippen LogP contribution in [0.1, 0.15) is 25.7 Å². The standard InChI is InChI=1S/C20H30N4O2/c25-19(17-3-4-17)23-9-5-18(6-10-23)20(26)24-15-13-22(14-16-24)12-11-21-7-1-2-8-21/h1-2,7-8,17-18H,3-6,9-16H2. The van der Waals surface area contributed by atoms with E-state index in [1.165, 1.54) is 0 Å². The van der Waals surface area contributed by atoms with Gasteiger partial charge in [0.15, 0.2) is 0 Å². The average molecular weight is 358 g/mol. The molecule has 2 saturated heterocycles. The minimum atomic E-state index is 0.115. The fourth-order valence-electron chi connectivity index (χ4n) is 4.16. The number of rotatable bonds is 5. The van der Waals surface area contributed by atoms with E-state index in [1.54, 1.807) is 0 Å². The van der Waals surface area contributed by atoms with Crippen molar-refractivity contribution in [2.75, 3.05) is 45.8 Å². The zero-order chi connectivity index (χ0) is 17.9. The molecule has 1 aromatic heterocycles. The summed E-state index contributed by atoms with van der Waals surface area (Å²) < 4.78 is 2.20. The SMILES string of the molecule is O=C(C1CC1)N1CCC(C(=O)N2CCN(CCn3cccc3)CC2)CC1. The summed E-state index contributed by atoms with van der Waals surface area (Å²) in [6, 6.07) is 4.11. The monoisotopic (exact) mass is 358 g/mol. The van der Waals surface area contributed by atoms with Gasteiger partial charge in [-0.2, -0.15) is 0 Å². The van der Waals surface area contributed by atoms with Crippen molar-refractivity contribution in [3.63, 3.8) is 0 Å². The van der Waals surface area contributed by atoms with Crippen molar-refractivity contribution in [3.8, 4) is 0 Å². The second-order valence-electron chi connectivity index (χ2n) is 7.96. The van der Waals surface area contributed by atoms with Gasteiger partial charge in [-0.1, -0.05) is 0 Å².